The Labute approximate surface area is 132 Å². The molecule has 2 aromatic rings. The molecule has 106 valence electrons. The Morgan fingerprint density at radius 2 is 1.80 bits per heavy atom. The van der Waals surface area contributed by atoms with Crippen LogP contribution in [0.4, 0.5) is 11.4 Å². The van der Waals surface area contributed by atoms with Crippen LogP contribution in [-0.4, -0.2) is 8.42 Å². The van der Waals surface area contributed by atoms with Gasteiger partial charge in [-0.1, -0.05) is 13.0 Å². The standard InChI is InChI=1S/C14H15IN2O2S/c1-2-10-3-6-12(16)9-14(10)20(18,19)17-13-7-4-11(15)5-8-13/h3-9,17H,2,16H2,1H3. The van der Waals surface area contributed by atoms with Crippen LogP contribution in [0.25, 0.3) is 0 Å². The number of aryl methyl sites for hydroxylation is 1. The molecule has 3 N–H and O–H groups in total. The van der Waals surface area contributed by atoms with Gasteiger partial charge in [-0.3, -0.25) is 4.72 Å². The van der Waals surface area contributed by atoms with E-state index < -0.39 is 10.0 Å². The van der Waals surface area contributed by atoms with E-state index in [1.807, 2.05) is 19.1 Å². The highest BCUT2D eigenvalue weighted by atomic mass is 127. The summed E-state index contributed by atoms with van der Waals surface area (Å²) in [5.74, 6) is 0. The SMILES string of the molecule is CCc1ccc(N)cc1S(=O)(=O)Nc1ccc(I)cc1. The third-order valence-electron chi connectivity index (χ3n) is 2.86. The lowest BCUT2D eigenvalue weighted by Crippen LogP contribution is -2.15. The molecule has 0 aromatic heterocycles. The third kappa shape index (κ3) is 3.43. The minimum Gasteiger partial charge on any atom is -0.399 e. The zero-order chi connectivity index (χ0) is 14.8. The molecule has 0 amide bonds. The molecule has 0 radical (unpaired) electrons. The number of nitrogens with one attached hydrogen (secondary N) is 1. The molecule has 0 aliphatic heterocycles. The van der Waals surface area contributed by atoms with Crippen LogP contribution in [0.15, 0.2) is 47.4 Å². The van der Waals surface area contributed by atoms with Gasteiger partial charge in [-0.2, -0.15) is 0 Å². The summed E-state index contributed by atoms with van der Waals surface area (Å²) in [7, 11) is -3.62. The van der Waals surface area contributed by atoms with Crippen LogP contribution < -0.4 is 10.5 Å². The first kappa shape index (κ1) is 15.1. The smallest absolute Gasteiger partial charge is 0.262 e. The van der Waals surface area contributed by atoms with Crippen molar-refractivity contribution in [2.45, 2.75) is 18.2 Å². The van der Waals surface area contributed by atoms with Crippen molar-refractivity contribution in [2.75, 3.05) is 10.5 Å². The van der Waals surface area contributed by atoms with E-state index in [0.29, 0.717) is 17.8 Å². The van der Waals surface area contributed by atoms with Gasteiger partial charge >= 0.3 is 0 Å². The lowest BCUT2D eigenvalue weighted by atomic mass is 10.1. The number of sulfonamides is 1. The molecule has 2 aromatic carbocycles. The maximum atomic E-state index is 12.4. The number of rotatable bonds is 4. The monoisotopic (exact) mass is 402 g/mol. The molecule has 0 heterocycles. The van der Waals surface area contributed by atoms with E-state index in [1.54, 1.807) is 24.3 Å². The predicted octanol–water partition coefficient (Wildman–Crippen LogP) is 3.24. The van der Waals surface area contributed by atoms with Crippen molar-refractivity contribution in [1.82, 2.24) is 0 Å². The molecule has 0 aliphatic rings. The van der Waals surface area contributed by atoms with E-state index in [-0.39, 0.29) is 4.90 Å². The van der Waals surface area contributed by atoms with Gasteiger partial charge in [-0.25, -0.2) is 8.42 Å². The van der Waals surface area contributed by atoms with Crippen LogP contribution >= 0.6 is 22.6 Å². The van der Waals surface area contributed by atoms with E-state index in [0.717, 1.165) is 9.13 Å². The predicted molar refractivity (Wildman–Crippen MR) is 90.2 cm³/mol. The summed E-state index contributed by atoms with van der Waals surface area (Å²) in [4.78, 5) is 0.235. The second kappa shape index (κ2) is 6.01. The minimum absolute atomic E-state index is 0.235. The quantitative estimate of drug-likeness (QED) is 0.609. The maximum absolute atomic E-state index is 12.4. The molecule has 0 unspecified atom stereocenters. The van der Waals surface area contributed by atoms with Crippen LogP contribution in [-0.2, 0) is 16.4 Å². The number of nitrogens with two attached hydrogens (primary N) is 1. The number of nitrogen functional groups attached to an aromatic ring is 1. The van der Waals surface area contributed by atoms with Crippen molar-refractivity contribution in [3.8, 4) is 0 Å². The minimum atomic E-state index is -3.62. The van der Waals surface area contributed by atoms with Crippen LogP contribution in [0.1, 0.15) is 12.5 Å². The lowest BCUT2D eigenvalue weighted by molar-refractivity contribution is 0.600. The van der Waals surface area contributed by atoms with Gasteiger partial charge in [0.05, 0.1) is 4.90 Å². The number of benzene rings is 2. The fourth-order valence-corrected chi connectivity index (χ4v) is 3.61. The van der Waals surface area contributed by atoms with E-state index in [2.05, 4.69) is 27.3 Å². The Hall–Kier alpha value is -1.28. The van der Waals surface area contributed by atoms with Gasteiger partial charge in [0.1, 0.15) is 0 Å². The third-order valence-corrected chi connectivity index (χ3v) is 5.04. The summed E-state index contributed by atoms with van der Waals surface area (Å²) in [5.41, 5.74) is 7.42. The molecule has 0 spiro atoms. The van der Waals surface area contributed by atoms with Gasteiger partial charge in [0, 0.05) is 14.9 Å². The van der Waals surface area contributed by atoms with Crippen molar-refractivity contribution in [3.05, 3.63) is 51.6 Å². The van der Waals surface area contributed by atoms with Crippen molar-refractivity contribution in [3.63, 3.8) is 0 Å². The molecule has 0 atom stereocenters. The van der Waals surface area contributed by atoms with Crippen LogP contribution in [0.5, 0.6) is 0 Å². The zero-order valence-corrected chi connectivity index (χ0v) is 13.9. The zero-order valence-electron chi connectivity index (χ0n) is 10.9. The second-order valence-electron chi connectivity index (χ2n) is 4.33. The van der Waals surface area contributed by atoms with E-state index in [1.165, 1.54) is 6.07 Å². The second-order valence-corrected chi connectivity index (χ2v) is 7.23. The molecule has 4 nitrogen and oxygen atoms in total. The normalized spacial score (nSPS) is 11.3. The van der Waals surface area contributed by atoms with Gasteiger partial charge in [-0.05, 0) is 71.0 Å². The molecule has 2 rings (SSSR count). The molecule has 0 aliphatic carbocycles. The van der Waals surface area contributed by atoms with Crippen LogP contribution in [0.3, 0.4) is 0 Å². The number of halogens is 1. The fraction of sp³-hybridized carbons (Fsp3) is 0.143. The summed E-state index contributed by atoms with van der Waals surface area (Å²) in [6.45, 7) is 1.91. The highest BCUT2D eigenvalue weighted by Crippen LogP contribution is 2.23. The summed E-state index contributed by atoms with van der Waals surface area (Å²) in [6, 6.07) is 12.1. The van der Waals surface area contributed by atoms with E-state index in [4.69, 9.17) is 5.73 Å². The van der Waals surface area contributed by atoms with Crippen LogP contribution in [0, 0.1) is 3.57 Å². The molecule has 0 saturated carbocycles. The van der Waals surface area contributed by atoms with Gasteiger partial charge in [0.25, 0.3) is 10.0 Å². The average Bonchev–Trinajstić information content (AvgIpc) is 2.41. The topological polar surface area (TPSA) is 72.2 Å². The van der Waals surface area contributed by atoms with Crippen molar-refractivity contribution in [2.24, 2.45) is 0 Å². The molecule has 0 fully saturated rings. The lowest BCUT2D eigenvalue weighted by Gasteiger charge is -2.12. The maximum Gasteiger partial charge on any atom is 0.262 e. The number of anilines is 2. The molecule has 20 heavy (non-hydrogen) atoms. The summed E-state index contributed by atoms with van der Waals surface area (Å²) < 4.78 is 28.5. The molecule has 0 saturated heterocycles. The van der Waals surface area contributed by atoms with Gasteiger partial charge in [-0.15, -0.1) is 0 Å². The van der Waals surface area contributed by atoms with Gasteiger partial charge in [0.2, 0.25) is 0 Å². The van der Waals surface area contributed by atoms with E-state index >= 15 is 0 Å². The Bertz CT molecular complexity index is 712. The van der Waals surface area contributed by atoms with Crippen LogP contribution in [0.2, 0.25) is 0 Å². The van der Waals surface area contributed by atoms with Crippen molar-refractivity contribution in [1.29, 1.82) is 0 Å². The molecule has 0 bridgehead atoms. The van der Waals surface area contributed by atoms with Crippen molar-refractivity contribution >= 4 is 44.0 Å². The van der Waals surface area contributed by atoms with Gasteiger partial charge < -0.3 is 5.73 Å². The number of hydrogen-bond donors (Lipinski definition) is 2. The summed E-state index contributed by atoms with van der Waals surface area (Å²) in [6.07, 6.45) is 0.628. The average molecular weight is 402 g/mol. The molecular weight excluding hydrogens is 387 g/mol. The Kier molecular flexibility index (Phi) is 4.54. The summed E-state index contributed by atoms with van der Waals surface area (Å²) in [5, 5.41) is 0. The molecule has 6 heteroatoms. The van der Waals surface area contributed by atoms with Crippen molar-refractivity contribution < 1.29 is 8.42 Å². The Morgan fingerprint density at radius 3 is 2.40 bits per heavy atom. The molecular formula is C14H15IN2O2S. The largest absolute Gasteiger partial charge is 0.399 e. The summed E-state index contributed by atoms with van der Waals surface area (Å²) >= 11 is 2.17. The highest BCUT2D eigenvalue weighted by Gasteiger charge is 2.18. The fourth-order valence-electron chi connectivity index (χ4n) is 1.84. The van der Waals surface area contributed by atoms with E-state index in [9.17, 15) is 8.42 Å². The first-order valence-corrected chi connectivity index (χ1v) is 8.65. The number of hydrogen-bond acceptors (Lipinski definition) is 3. The first-order chi connectivity index (χ1) is 9.42. The Morgan fingerprint density at radius 1 is 1.15 bits per heavy atom. The Balaban J connectivity index is 2.40. The first-order valence-electron chi connectivity index (χ1n) is 6.09. The highest BCUT2D eigenvalue weighted by molar-refractivity contribution is 14.1. The van der Waals surface area contributed by atoms with Gasteiger partial charge in [0.15, 0.2) is 0 Å².